The number of carbonyl (C=O) groups excluding carboxylic acids is 2. The second-order valence-corrected chi connectivity index (χ2v) is 11.1. The highest BCUT2D eigenvalue weighted by molar-refractivity contribution is 6.05. The van der Waals surface area contributed by atoms with Crippen molar-refractivity contribution in [3.63, 3.8) is 0 Å². The molecule has 1 aliphatic heterocycles. The van der Waals surface area contributed by atoms with Gasteiger partial charge in [-0.05, 0) is 54.0 Å². The first-order valence-electron chi connectivity index (χ1n) is 13.6. The molecule has 0 saturated carbocycles. The van der Waals surface area contributed by atoms with Crippen molar-refractivity contribution in [2.24, 2.45) is 0 Å². The molecule has 218 valence electrons. The fourth-order valence-corrected chi connectivity index (χ4v) is 4.64. The van der Waals surface area contributed by atoms with Crippen LogP contribution in [0, 0.1) is 5.82 Å². The van der Waals surface area contributed by atoms with Crippen LogP contribution in [-0.2, 0) is 10.3 Å². The van der Waals surface area contributed by atoms with Gasteiger partial charge in [0.05, 0.1) is 24.5 Å². The third-order valence-electron chi connectivity index (χ3n) is 7.33. The molecular weight excluding hydrogens is 539 g/mol. The average molecular weight is 573 g/mol. The number of nitrogens with zero attached hydrogens (tertiary/aromatic N) is 4. The summed E-state index contributed by atoms with van der Waals surface area (Å²) in [5.74, 6) is -1.03. The van der Waals surface area contributed by atoms with Gasteiger partial charge in [-0.15, -0.1) is 5.06 Å². The summed E-state index contributed by atoms with van der Waals surface area (Å²) >= 11 is 0. The van der Waals surface area contributed by atoms with Crippen LogP contribution in [0.25, 0.3) is 27.9 Å². The number of benzene rings is 2. The predicted octanol–water partition coefficient (Wildman–Crippen LogP) is 4.99. The summed E-state index contributed by atoms with van der Waals surface area (Å²) in [6.07, 6.45) is 3.66. The van der Waals surface area contributed by atoms with Crippen LogP contribution in [0.5, 0.6) is 0 Å². The van der Waals surface area contributed by atoms with Crippen molar-refractivity contribution in [3.8, 4) is 11.3 Å². The highest BCUT2D eigenvalue weighted by Gasteiger charge is 2.22. The number of aromatic nitrogens is 3. The summed E-state index contributed by atoms with van der Waals surface area (Å²) in [6.45, 7) is 4.78. The van der Waals surface area contributed by atoms with Gasteiger partial charge in [0.25, 0.3) is 5.91 Å². The molecule has 0 atom stereocenters. The quantitative estimate of drug-likeness (QED) is 0.285. The Hall–Kier alpha value is -4.61. The number of carbonyl (C=O) groups is 2. The number of nitrogens with one attached hydrogen (secondary N) is 2. The Balaban J connectivity index is 1.37. The lowest BCUT2D eigenvalue weighted by molar-refractivity contribution is -0.101. The van der Waals surface area contributed by atoms with E-state index in [4.69, 9.17) is 4.84 Å². The molecule has 0 aliphatic carbocycles. The maximum absolute atomic E-state index is 14.8. The van der Waals surface area contributed by atoms with Crippen molar-refractivity contribution >= 4 is 34.3 Å². The summed E-state index contributed by atoms with van der Waals surface area (Å²) in [5, 5.41) is 14.6. The Morgan fingerprint density at radius 3 is 2.57 bits per heavy atom. The zero-order chi connectivity index (χ0) is 30.0. The van der Waals surface area contributed by atoms with Gasteiger partial charge in [0, 0.05) is 48.3 Å². The molecule has 4 aromatic rings. The number of fused-ring (bicyclic) bond motifs is 1. The molecule has 0 spiro atoms. The highest BCUT2D eigenvalue weighted by atomic mass is 19.1. The van der Waals surface area contributed by atoms with Crippen LogP contribution in [0.1, 0.15) is 41.9 Å². The van der Waals surface area contributed by atoms with E-state index in [-0.39, 0.29) is 12.3 Å². The first kappa shape index (κ1) is 28.9. The molecule has 0 radical (unpaired) electrons. The van der Waals surface area contributed by atoms with Crippen molar-refractivity contribution in [1.82, 2.24) is 24.9 Å². The van der Waals surface area contributed by atoms with Gasteiger partial charge in [-0.25, -0.2) is 19.2 Å². The zero-order valence-electron chi connectivity index (χ0n) is 23.9. The van der Waals surface area contributed by atoms with Crippen molar-refractivity contribution in [2.45, 2.75) is 25.7 Å². The van der Waals surface area contributed by atoms with E-state index in [1.165, 1.54) is 17.3 Å². The fraction of sp³-hybridized carbons (Fsp3) is 0.290. The number of aliphatic hydroxyl groups excluding tert-OH is 1. The molecule has 10 nitrogen and oxygen atoms in total. The molecular formula is C31H33FN6O4. The molecule has 2 aromatic heterocycles. The van der Waals surface area contributed by atoms with E-state index in [2.05, 4.69) is 20.3 Å². The Labute approximate surface area is 242 Å². The number of H-pyrrole nitrogens is 1. The maximum Gasteiger partial charge on any atom is 0.428 e. The van der Waals surface area contributed by atoms with Crippen LogP contribution in [0.4, 0.5) is 14.9 Å². The minimum absolute atomic E-state index is 0.0279. The molecule has 2 aromatic carbocycles. The molecule has 0 bridgehead atoms. The molecule has 2 amide bonds. The van der Waals surface area contributed by atoms with E-state index in [1.807, 2.05) is 26.0 Å². The lowest BCUT2D eigenvalue weighted by Gasteiger charge is -2.25. The standard InChI is InChI=1S/C31H33FN6O4/c1-31(2,17-39)22-8-5-20(6-9-22)29(40)36-26-15-21(7-10-24(26)32)27-23-16-25(35-28(23)34-18-33-27)19-11-13-38(14-12-19)42-30(41)37(3)4/h5-11,15-16,18,39H,12-14,17H2,1-4H3,(H,36,40)(H,33,34,35). The molecule has 0 unspecified atom stereocenters. The molecule has 3 N–H and O–H groups in total. The number of hydroxylamine groups is 2. The van der Waals surface area contributed by atoms with Crippen molar-refractivity contribution < 1.29 is 23.9 Å². The maximum atomic E-state index is 14.8. The van der Waals surface area contributed by atoms with Crippen LogP contribution < -0.4 is 5.32 Å². The van der Waals surface area contributed by atoms with Gasteiger partial charge in [0.15, 0.2) is 0 Å². The van der Waals surface area contributed by atoms with Gasteiger partial charge < -0.3 is 25.1 Å². The van der Waals surface area contributed by atoms with Crippen molar-refractivity contribution in [2.75, 3.05) is 39.1 Å². The zero-order valence-corrected chi connectivity index (χ0v) is 23.9. The van der Waals surface area contributed by atoms with E-state index >= 15 is 0 Å². The van der Waals surface area contributed by atoms with Gasteiger partial charge in [-0.1, -0.05) is 32.1 Å². The van der Waals surface area contributed by atoms with Gasteiger partial charge in [-0.3, -0.25) is 4.79 Å². The van der Waals surface area contributed by atoms with Crippen molar-refractivity contribution in [3.05, 3.63) is 83.6 Å². The largest absolute Gasteiger partial charge is 0.428 e. The monoisotopic (exact) mass is 572 g/mol. The van der Waals surface area contributed by atoms with E-state index in [1.54, 1.807) is 55.6 Å². The average Bonchev–Trinajstić information content (AvgIpc) is 3.43. The van der Waals surface area contributed by atoms with Crippen molar-refractivity contribution in [1.29, 1.82) is 0 Å². The first-order chi connectivity index (χ1) is 20.1. The summed E-state index contributed by atoms with van der Waals surface area (Å²) in [5.41, 5.74) is 4.60. The van der Waals surface area contributed by atoms with Gasteiger partial charge in [0.1, 0.15) is 17.8 Å². The second-order valence-electron chi connectivity index (χ2n) is 11.1. The predicted molar refractivity (Wildman–Crippen MR) is 158 cm³/mol. The fourth-order valence-electron chi connectivity index (χ4n) is 4.64. The van der Waals surface area contributed by atoms with Gasteiger partial charge in [-0.2, -0.15) is 0 Å². The summed E-state index contributed by atoms with van der Waals surface area (Å²) < 4.78 is 14.8. The SMILES string of the molecule is CN(C)C(=O)ON1CC=C(c2cc3c(-c4ccc(F)c(NC(=O)c5ccc(C(C)(C)CO)cc5)c4)ncnc3[nH]2)CC1. The molecule has 11 heteroatoms. The minimum Gasteiger partial charge on any atom is -0.395 e. The summed E-state index contributed by atoms with van der Waals surface area (Å²) in [4.78, 5) is 43.7. The number of aromatic amines is 1. The minimum atomic E-state index is -0.572. The molecule has 42 heavy (non-hydrogen) atoms. The molecule has 3 heterocycles. The third kappa shape index (κ3) is 6.02. The third-order valence-corrected chi connectivity index (χ3v) is 7.33. The highest BCUT2D eigenvalue weighted by Crippen LogP contribution is 2.32. The molecule has 0 fully saturated rings. The number of hydrogen-bond donors (Lipinski definition) is 3. The van der Waals surface area contributed by atoms with Crippen LogP contribution >= 0.6 is 0 Å². The summed E-state index contributed by atoms with van der Waals surface area (Å²) in [6, 6.07) is 13.3. The number of anilines is 1. The van der Waals surface area contributed by atoms with Crippen LogP contribution in [0.3, 0.4) is 0 Å². The molecule has 0 saturated heterocycles. The van der Waals surface area contributed by atoms with E-state index in [0.29, 0.717) is 42.0 Å². The van der Waals surface area contributed by atoms with Crippen LogP contribution in [0.2, 0.25) is 0 Å². The van der Waals surface area contributed by atoms with Gasteiger partial charge >= 0.3 is 6.09 Å². The summed E-state index contributed by atoms with van der Waals surface area (Å²) in [7, 11) is 3.27. The topological polar surface area (TPSA) is 124 Å². The number of hydrogen-bond acceptors (Lipinski definition) is 7. The van der Waals surface area contributed by atoms with Gasteiger partial charge in [0.2, 0.25) is 0 Å². The lowest BCUT2D eigenvalue weighted by Crippen LogP contribution is -2.35. The van der Waals surface area contributed by atoms with E-state index in [9.17, 15) is 19.1 Å². The van der Waals surface area contributed by atoms with Crippen LogP contribution in [-0.4, -0.2) is 75.8 Å². The number of aliphatic hydroxyl groups is 1. The number of rotatable bonds is 7. The number of halogens is 1. The second kappa shape index (κ2) is 11.7. The Bertz CT molecular complexity index is 1660. The first-order valence-corrected chi connectivity index (χ1v) is 13.6. The molecule has 5 rings (SSSR count). The van der Waals surface area contributed by atoms with E-state index < -0.39 is 23.2 Å². The number of amides is 2. The Morgan fingerprint density at radius 2 is 1.90 bits per heavy atom. The smallest absolute Gasteiger partial charge is 0.395 e. The van der Waals surface area contributed by atoms with Crippen LogP contribution in [0.15, 0.2) is 60.9 Å². The molecule has 1 aliphatic rings. The normalized spacial score (nSPS) is 14.0. The Kier molecular flexibility index (Phi) is 8.06. The van der Waals surface area contributed by atoms with E-state index in [0.717, 1.165) is 22.2 Å². The lowest BCUT2D eigenvalue weighted by atomic mass is 9.85. The Morgan fingerprint density at radius 1 is 1.14 bits per heavy atom.